The van der Waals surface area contributed by atoms with Gasteiger partial charge >= 0.3 is 0 Å². The van der Waals surface area contributed by atoms with E-state index in [9.17, 15) is 4.79 Å². The fourth-order valence-electron chi connectivity index (χ4n) is 2.53. The highest BCUT2D eigenvalue weighted by Crippen LogP contribution is 2.21. The van der Waals surface area contributed by atoms with Gasteiger partial charge in [-0.25, -0.2) is 0 Å². The average molecular weight is 387 g/mol. The summed E-state index contributed by atoms with van der Waals surface area (Å²) in [5, 5.41) is 3.04. The fourth-order valence-corrected chi connectivity index (χ4v) is 3.26. The van der Waals surface area contributed by atoms with Crippen LogP contribution < -0.4 is 10.1 Å². The van der Waals surface area contributed by atoms with Crippen molar-refractivity contribution < 1.29 is 9.53 Å². The third-order valence-corrected chi connectivity index (χ3v) is 5.41. The molecule has 0 aliphatic heterocycles. The van der Waals surface area contributed by atoms with E-state index in [1.54, 1.807) is 0 Å². The first kappa shape index (κ1) is 21.3. The third kappa shape index (κ3) is 7.27. The van der Waals surface area contributed by atoms with Crippen LogP contribution in [0.4, 0.5) is 0 Å². The highest BCUT2D eigenvalue weighted by molar-refractivity contribution is 8.00. The average Bonchev–Trinajstić information content (AvgIpc) is 2.67. The molecule has 0 radical (unpaired) electrons. The van der Waals surface area contributed by atoms with Gasteiger partial charge in [0.1, 0.15) is 5.75 Å². The summed E-state index contributed by atoms with van der Waals surface area (Å²) in [6.07, 6.45) is 0. The van der Waals surface area contributed by atoms with Crippen LogP contribution in [-0.2, 0) is 17.9 Å². The van der Waals surface area contributed by atoms with Crippen LogP contribution in [0.15, 0.2) is 53.4 Å². The van der Waals surface area contributed by atoms with E-state index in [0.717, 1.165) is 17.2 Å². The van der Waals surface area contributed by atoms with E-state index in [-0.39, 0.29) is 5.91 Å². The zero-order valence-electron chi connectivity index (χ0n) is 16.7. The van der Waals surface area contributed by atoms with Gasteiger partial charge in [0.2, 0.25) is 5.91 Å². The maximum absolute atomic E-state index is 12.2. The van der Waals surface area contributed by atoms with Crippen LogP contribution in [0.5, 0.6) is 5.75 Å². The van der Waals surface area contributed by atoms with E-state index >= 15 is 0 Å². The lowest BCUT2D eigenvalue weighted by Gasteiger charge is -2.22. The lowest BCUT2D eigenvalue weighted by molar-refractivity contribution is -0.118. The number of carbonyl (C=O) groups excluding carboxylic acids is 1. The summed E-state index contributed by atoms with van der Waals surface area (Å²) in [6.45, 7) is 8.43. The maximum atomic E-state index is 12.2. The number of hydrogen-bond donors (Lipinski definition) is 1. The van der Waals surface area contributed by atoms with Crippen LogP contribution in [0.3, 0.4) is 0 Å². The Morgan fingerprint density at radius 1 is 1.11 bits per heavy atom. The van der Waals surface area contributed by atoms with Crippen molar-refractivity contribution in [2.75, 3.05) is 19.4 Å². The molecule has 0 saturated carbocycles. The second-order valence-electron chi connectivity index (χ2n) is 6.75. The normalized spacial score (nSPS) is 11.0. The molecule has 2 aromatic rings. The summed E-state index contributed by atoms with van der Waals surface area (Å²) in [4.78, 5) is 15.6. The molecule has 0 aromatic heterocycles. The molecular weight excluding hydrogens is 356 g/mol. The molecule has 4 nitrogen and oxygen atoms in total. The number of ether oxygens (including phenoxy) is 1. The van der Waals surface area contributed by atoms with E-state index in [1.165, 1.54) is 22.9 Å². The summed E-state index contributed by atoms with van der Waals surface area (Å²) in [7, 11) is 2.12. The van der Waals surface area contributed by atoms with Crippen molar-refractivity contribution in [2.24, 2.45) is 0 Å². The zero-order chi connectivity index (χ0) is 19.6. The molecule has 2 rings (SSSR count). The number of thioether (sulfide) groups is 1. The number of carbonyl (C=O) groups is 1. The lowest BCUT2D eigenvalue weighted by atomic mass is 10.1. The van der Waals surface area contributed by atoms with Gasteiger partial charge in [0.15, 0.2) is 0 Å². The van der Waals surface area contributed by atoms with Gasteiger partial charge in [-0.15, -0.1) is 11.8 Å². The Morgan fingerprint density at radius 2 is 1.78 bits per heavy atom. The predicted molar refractivity (Wildman–Crippen MR) is 113 cm³/mol. The number of hydrogen-bond acceptors (Lipinski definition) is 4. The summed E-state index contributed by atoms with van der Waals surface area (Å²) < 4.78 is 5.44. The number of nitrogens with zero attached hydrogens (tertiary/aromatic N) is 1. The van der Waals surface area contributed by atoms with Gasteiger partial charge in [0, 0.05) is 24.0 Å². The molecule has 0 saturated heterocycles. The van der Waals surface area contributed by atoms with Gasteiger partial charge in [-0.3, -0.25) is 9.69 Å². The maximum Gasteiger partial charge on any atom is 0.230 e. The highest BCUT2D eigenvalue weighted by Gasteiger charge is 2.09. The fraction of sp³-hybridized carbons (Fsp3) is 0.409. The van der Waals surface area contributed by atoms with Gasteiger partial charge in [-0.05, 0) is 63.2 Å². The molecule has 1 N–H and O–H groups in total. The van der Waals surface area contributed by atoms with Crippen LogP contribution in [0, 0.1) is 0 Å². The molecule has 0 bridgehead atoms. The molecule has 0 fully saturated rings. The molecule has 146 valence electrons. The topological polar surface area (TPSA) is 41.6 Å². The second kappa shape index (κ2) is 11.0. The molecule has 2 aromatic carbocycles. The molecule has 0 aliphatic carbocycles. The number of benzene rings is 2. The second-order valence-corrected chi connectivity index (χ2v) is 7.80. The predicted octanol–water partition coefficient (Wildman–Crippen LogP) is 4.33. The monoisotopic (exact) mass is 386 g/mol. The Labute approximate surface area is 167 Å². The molecule has 0 spiro atoms. The van der Waals surface area contributed by atoms with Crippen molar-refractivity contribution in [3.8, 4) is 5.75 Å². The van der Waals surface area contributed by atoms with E-state index < -0.39 is 0 Å². The van der Waals surface area contributed by atoms with Crippen LogP contribution in [0.2, 0.25) is 0 Å². The van der Waals surface area contributed by atoms with Gasteiger partial charge in [-0.2, -0.15) is 0 Å². The van der Waals surface area contributed by atoms with Crippen LogP contribution in [0.1, 0.15) is 31.9 Å². The van der Waals surface area contributed by atoms with Crippen molar-refractivity contribution in [1.82, 2.24) is 10.2 Å². The van der Waals surface area contributed by atoms with E-state index in [0.29, 0.717) is 24.9 Å². The van der Waals surface area contributed by atoms with Crippen molar-refractivity contribution in [1.29, 1.82) is 0 Å². The smallest absolute Gasteiger partial charge is 0.230 e. The molecule has 5 heteroatoms. The molecule has 0 heterocycles. The van der Waals surface area contributed by atoms with Crippen molar-refractivity contribution >= 4 is 17.7 Å². The third-order valence-electron chi connectivity index (χ3n) is 4.40. The first-order valence-electron chi connectivity index (χ1n) is 9.39. The standard InChI is InChI=1S/C22H30N2O2S/c1-5-26-20-10-12-21(13-11-20)27-16-22(25)23-14-18-8-6-7-9-19(18)15-24(4)17(2)3/h6-13,17H,5,14-16H2,1-4H3,(H,23,25). The van der Waals surface area contributed by atoms with Crippen molar-refractivity contribution in [3.63, 3.8) is 0 Å². The SMILES string of the molecule is CCOc1ccc(SCC(=O)NCc2ccccc2CN(C)C(C)C)cc1. The van der Waals surface area contributed by atoms with E-state index in [2.05, 4.69) is 49.3 Å². The van der Waals surface area contributed by atoms with Crippen LogP contribution >= 0.6 is 11.8 Å². The van der Waals surface area contributed by atoms with Crippen molar-refractivity contribution in [3.05, 3.63) is 59.7 Å². The summed E-state index contributed by atoms with van der Waals surface area (Å²) >= 11 is 1.53. The minimum Gasteiger partial charge on any atom is -0.494 e. The first-order chi connectivity index (χ1) is 13.0. The Bertz CT molecular complexity index is 717. The Hall–Kier alpha value is -1.98. The largest absolute Gasteiger partial charge is 0.494 e. The molecule has 0 atom stereocenters. The lowest BCUT2D eigenvalue weighted by Crippen LogP contribution is -2.28. The van der Waals surface area contributed by atoms with Gasteiger partial charge in [0.05, 0.1) is 12.4 Å². The number of amides is 1. The molecule has 0 aliphatic rings. The summed E-state index contributed by atoms with van der Waals surface area (Å²) in [5.41, 5.74) is 2.43. The van der Waals surface area contributed by atoms with Gasteiger partial charge in [0.25, 0.3) is 0 Å². The van der Waals surface area contributed by atoms with Crippen molar-refractivity contribution in [2.45, 2.75) is 44.8 Å². The molecule has 27 heavy (non-hydrogen) atoms. The minimum atomic E-state index is 0.0425. The number of nitrogens with one attached hydrogen (secondary N) is 1. The first-order valence-corrected chi connectivity index (χ1v) is 10.4. The molecule has 1 amide bonds. The quantitative estimate of drug-likeness (QED) is 0.617. The molecular formula is C22H30N2O2S. The van der Waals surface area contributed by atoms with E-state index in [4.69, 9.17) is 4.74 Å². The highest BCUT2D eigenvalue weighted by atomic mass is 32.2. The summed E-state index contributed by atoms with van der Waals surface area (Å²) in [5.74, 6) is 1.30. The van der Waals surface area contributed by atoms with Gasteiger partial charge in [-0.1, -0.05) is 24.3 Å². The number of rotatable bonds is 10. The molecule has 0 unspecified atom stereocenters. The zero-order valence-corrected chi connectivity index (χ0v) is 17.5. The van der Waals surface area contributed by atoms with Crippen LogP contribution in [-0.4, -0.2) is 36.3 Å². The Kier molecular flexibility index (Phi) is 8.69. The minimum absolute atomic E-state index is 0.0425. The van der Waals surface area contributed by atoms with E-state index in [1.807, 2.05) is 37.3 Å². The Balaban J connectivity index is 1.83. The van der Waals surface area contributed by atoms with Gasteiger partial charge < -0.3 is 10.1 Å². The van der Waals surface area contributed by atoms with Crippen LogP contribution in [0.25, 0.3) is 0 Å². The summed E-state index contributed by atoms with van der Waals surface area (Å²) in [6, 6.07) is 16.6. The Morgan fingerprint density at radius 3 is 2.41 bits per heavy atom.